The van der Waals surface area contributed by atoms with Gasteiger partial charge in [0.15, 0.2) is 0 Å². The average Bonchev–Trinajstić information content (AvgIpc) is 2.36. The minimum atomic E-state index is 0.142. The summed E-state index contributed by atoms with van der Waals surface area (Å²) >= 11 is 12.1. The predicted molar refractivity (Wildman–Crippen MR) is 78.7 cm³/mol. The Morgan fingerprint density at radius 2 is 2.06 bits per heavy atom. The predicted octanol–water partition coefficient (Wildman–Crippen LogP) is 3.94. The molecule has 0 saturated heterocycles. The van der Waals surface area contributed by atoms with Gasteiger partial charge in [0.25, 0.3) is 0 Å². The van der Waals surface area contributed by atoms with Crippen molar-refractivity contribution in [1.29, 1.82) is 0 Å². The maximum Gasteiger partial charge on any atom is 0.0699 e. The van der Waals surface area contributed by atoms with E-state index in [0.717, 1.165) is 24.9 Å². The summed E-state index contributed by atoms with van der Waals surface area (Å²) in [5.41, 5.74) is 1.10. The van der Waals surface area contributed by atoms with Gasteiger partial charge in [-0.1, -0.05) is 36.2 Å². The van der Waals surface area contributed by atoms with Crippen molar-refractivity contribution >= 4 is 23.2 Å². The molecule has 0 heterocycles. The number of hydrogen-bond acceptors (Lipinski definition) is 2. The van der Waals surface area contributed by atoms with E-state index >= 15 is 0 Å². The van der Waals surface area contributed by atoms with Gasteiger partial charge < -0.3 is 10.1 Å². The van der Waals surface area contributed by atoms with E-state index in [4.69, 9.17) is 27.9 Å². The Kier molecular flexibility index (Phi) is 7.02. The molecule has 1 N–H and O–H groups in total. The molecule has 0 radical (unpaired) electrons. The molecule has 102 valence electrons. The van der Waals surface area contributed by atoms with Crippen LogP contribution >= 0.6 is 23.2 Å². The van der Waals surface area contributed by atoms with Gasteiger partial charge >= 0.3 is 0 Å². The maximum absolute atomic E-state index is 6.20. The van der Waals surface area contributed by atoms with Crippen molar-refractivity contribution in [1.82, 2.24) is 5.32 Å². The first kappa shape index (κ1) is 15.8. The summed E-state index contributed by atoms with van der Waals surface area (Å²) in [6, 6.07) is 5.89. The SMILES string of the molecule is CCCNC(Cc1ccc(Cl)cc1Cl)C(C)OC. The lowest BCUT2D eigenvalue weighted by Gasteiger charge is -2.24. The van der Waals surface area contributed by atoms with E-state index in [9.17, 15) is 0 Å². The molecule has 1 aromatic rings. The molecule has 0 aliphatic carbocycles. The number of nitrogens with one attached hydrogen (secondary N) is 1. The third kappa shape index (κ3) is 4.77. The van der Waals surface area contributed by atoms with Crippen LogP contribution in [0.25, 0.3) is 0 Å². The van der Waals surface area contributed by atoms with Gasteiger partial charge in [0.1, 0.15) is 0 Å². The van der Waals surface area contributed by atoms with Crippen molar-refractivity contribution in [3.05, 3.63) is 33.8 Å². The fourth-order valence-electron chi connectivity index (χ4n) is 1.82. The largest absolute Gasteiger partial charge is 0.380 e. The second kappa shape index (κ2) is 8.00. The van der Waals surface area contributed by atoms with Gasteiger partial charge in [-0.25, -0.2) is 0 Å². The fourth-order valence-corrected chi connectivity index (χ4v) is 2.31. The molecule has 1 rings (SSSR count). The zero-order valence-corrected chi connectivity index (χ0v) is 12.7. The van der Waals surface area contributed by atoms with Gasteiger partial charge in [-0.2, -0.15) is 0 Å². The molecule has 0 aromatic heterocycles. The third-order valence-electron chi connectivity index (χ3n) is 3.05. The highest BCUT2D eigenvalue weighted by atomic mass is 35.5. The Balaban J connectivity index is 2.75. The molecule has 0 saturated carbocycles. The smallest absolute Gasteiger partial charge is 0.0699 e. The lowest BCUT2D eigenvalue weighted by atomic mass is 10.0. The fraction of sp³-hybridized carbons (Fsp3) is 0.571. The Morgan fingerprint density at radius 1 is 1.33 bits per heavy atom. The van der Waals surface area contributed by atoms with Crippen molar-refractivity contribution in [2.24, 2.45) is 0 Å². The summed E-state index contributed by atoms with van der Waals surface area (Å²) in [4.78, 5) is 0. The van der Waals surface area contributed by atoms with Crippen molar-refractivity contribution in [2.75, 3.05) is 13.7 Å². The van der Waals surface area contributed by atoms with E-state index in [1.54, 1.807) is 13.2 Å². The van der Waals surface area contributed by atoms with Gasteiger partial charge in [-0.05, 0) is 44.0 Å². The van der Waals surface area contributed by atoms with Crippen molar-refractivity contribution in [2.45, 2.75) is 38.8 Å². The van der Waals surface area contributed by atoms with Crippen molar-refractivity contribution < 1.29 is 4.74 Å². The van der Waals surface area contributed by atoms with Crippen molar-refractivity contribution in [3.8, 4) is 0 Å². The molecule has 2 unspecified atom stereocenters. The monoisotopic (exact) mass is 289 g/mol. The summed E-state index contributed by atoms with van der Waals surface area (Å²) < 4.78 is 5.41. The Hall–Kier alpha value is -0.280. The van der Waals surface area contributed by atoms with Crippen LogP contribution in [0.2, 0.25) is 10.0 Å². The van der Waals surface area contributed by atoms with E-state index < -0.39 is 0 Å². The van der Waals surface area contributed by atoms with Gasteiger partial charge in [-0.15, -0.1) is 0 Å². The number of rotatable bonds is 7. The molecule has 0 spiro atoms. The molecule has 0 aliphatic rings. The zero-order valence-electron chi connectivity index (χ0n) is 11.2. The quantitative estimate of drug-likeness (QED) is 0.821. The van der Waals surface area contributed by atoms with E-state index in [2.05, 4.69) is 19.2 Å². The van der Waals surface area contributed by atoms with Crippen LogP contribution in [0.5, 0.6) is 0 Å². The molecule has 0 aliphatic heterocycles. The molecule has 2 nitrogen and oxygen atoms in total. The number of benzene rings is 1. The van der Waals surface area contributed by atoms with Crippen LogP contribution in [0.3, 0.4) is 0 Å². The van der Waals surface area contributed by atoms with E-state index in [0.29, 0.717) is 10.0 Å². The molecule has 2 atom stereocenters. The standard InChI is InChI=1S/C14H21Cl2NO/c1-4-7-17-14(10(2)18-3)8-11-5-6-12(15)9-13(11)16/h5-6,9-10,14,17H,4,7-8H2,1-3H3. The second-order valence-corrected chi connectivity index (χ2v) is 5.28. The van der Waals surface area contributed by atoms with Crippen LogP contribution in [0.15, 0.2) is 18.2 Å². The average molecular weight is 290 g/mol. The first-order valence-corrected chi connectivity index (χ1v) is 7.04. The number of halogens is 2. The molecule has 0 fully saturated rings. The minimum absolute atomic E-state index is 0.142. The Bertz CT molecular complexity index is 371. The molecule has 18 heavy (non-hydrogen) atoms. The molecule has 0 bridgehead atoms. The summed E-state index contributed by atoms with van der Waals surface area (Å²) in [5, 5.41) is 4.88. The first-order valence-electron chi connectivity index (χ1n) is 6.28. The highest BCUT2D eigenvalue weighted by Crippen LogP contribution is 2.22. The molecular weight excluding hydrogens is 269 g/mol. The number of methoxy groups -OCH3 is 1. The molecular formula is C14H21Cl2NO. The minimum Gasteiger partial charge on any atom is -0.380 e. The lowest BCUT2D eigenvalue weighted by molar-refractivity contribution is 0.0831. The van der Waals surface area contributed by atoms with Gasteiger partial charge in [0.05, 0.1) is 6.10 Å². The molecule has 4 heteroatoms. The highest BCUT2D eigenvalue weighted by Gasteiger charge is 2.17. The van der Waals surface area contributed by atoms with Gasteiger partial charge in [0.2, 0.25) is 0 Å². The summed E-state index contributed by atoms with van der Waals surface area (Å²) in [7, 11) is 1.73. The highest BCUT2D eigenvalue weighted by molar-refractivity contribution is 6.35. The Morgan fingerprint density at radius 3 is 2.61 bits per heavy atom. The van der Waals surface area contributed by atoms with Gasteiger partial charge in [0, 0.05) is 23.2 Å². The van der Waals surface area contributed by atoms with Crippen LogP contribution in [0, 0.1) is 0 Å². The first-order chi connectivity index (χ1) is 8.58. The lowest BCUT2D eigenvalue weighted by Crippen LogP contribution is -2.41. The second-order valence-electron chi connectivity index (χ2n) is 4.44. The summed E-state index contributed by atoms with van der Waals surface area (Å²) in [6.07, 6.45) is 2.08. The summed E-state index contributed by atoms with van der Waals surface area (Å²) in [5.74, 6) is 0. The molecule has 0 amide bonds. The van der Waals surface area contributed by atoms with E-state index in [-0.39, 0.29) is 12.1 Å². The van der Waals surface area contributed by atoms with Crippen LogP contribution < -0.4 is 5.32 Å². The van der Waals surface area contributed by atoms with Crippen LogP contribution in [-0.2, 0) is 11.2 Å². The van der Waals surface area contributed by atoms with Crippen molar-refractivity contribution in [3.63, 3.8) is 0 Å². The normalized spacial score (nSPS) is 14.5. The third-order valence-corrected chi connectivity index (χ3v) is 3.64. The van der Waals surface area contributed by atoms with Crippen LogP contribution in [-0.4, -0.2) is 25.8 Å². The van der Waals surface area contributed by atoms with E-state index in [1.807, 2.05) is 12.1 Å². The summed E-state index contributed by atoms with van der Waals surface area (Å²) in [6.45, 7) is 5.19. The van der Waals surface area contributed by atoms with Crippen LogP contribution in [0.4, 0.5) is 0 Å². The zero-order chi connectivity index (χ0) is 13.5. The number of hydrogen-bond donors (Lipinski definition) is 1. The number of ether oxygens (including phenoxy) is 1. The van der Waals surface area contributed by atoms with Crippen LogP contribution in [0.1, 0.15) is 25.8 Å². The molecule has 1 aromatic carbocycles. The maximum atomic E-state index is 6.20. The topological polar surface area (TPSA) is 21.3 Å². The van der Waals surface area contributed by atoms with Gasteiger partial charge in [-0.3, -0.25) is 0 Å². The van der Waals surface area contributed by atoms with E-state index in [1.165, 1.54) is 0 Å². The Labute approximate surface area is 120 Å².